The molecule has 0 radical (unpaired) electrons. The summed E-state index contributed by atoms with van der Waals surface area (Å²) < 4.78 is 5.40. The molecule has 1 saturated heterocycles. The van der Waals surface area contributed by atoms with Crippen molar-refractivity contribution in [1.82, 2.24) is 20.0 Å². The number of amides is 1. The van der Waals surface area contributed by atoms with Gasteiger partial charge in [0.25, 0.3) is 5.91 Å². The van der Waals surface area contributed by atoms with Crippen molar-refractivity contribution in [3.8, 4) is 0 Å². The highest BCUT2D eigenvalue weighted by molar-refractivity contribution is 5.94. The molecule has 24 heavy (non-hydrogen) atoms. The number of hydrogen-bond donors (Lipinski definition) is 0. The molecule has 1 aliphatic heterocycles. The number of nitrogens with zero attached hydrogens (tertiary/aromatic N) is 4. The Morgan fingerprint density at radius 3 is 2.46 bits per heavy atom. The molecule has 0 atom stereocenters. The van der Waals surface area contributed by atoms with Crippen molar-refractivity contribution in [3.05, 3.63) is 46.7 Å². The number of aryl methyl sites for hydroxylation is 3. The number of hydrogen-bond acceptors (Lipinski definition) is 5. The minimum atomic E-state index is 0.130. The fraction of sp³-hybridized carbons (Fsp3) is 0.500. The first-order valence-corrected chi connectivity index (χ1v) is 8.41. The third-order valence-electron chi connectivity index (χ3n) is 4.62. The van der Waals surface area contributed by atoms with Crippen LogP contribution in [0.2, 0.25) is 0 Å². The molecule has 0 spiro atoms. The SMILES string of the molecule is Cc1nnc(CCN2CCN(C(=O)c3ccc(C)c(C)c3)CC2)o1. The molecule has 0 unspecified atom stereocenters. The van der Waals surface area contributed by atoms with Crippen LogP contribution in [0.5, 0.6) is 0 Å². The average molecular weight is 328 g/mol. The van der Waals surface area contributed by atoms with E-state index in [-0.39, 0.29) is 5.91 Å². The van der Waals surface area contributed by atoms with Gasteiger partial charge in [-0.15, -0.1) is 10.2 Å². The lowest BCUT2D eigenvalue weighted by molar-refractivity contribution is 0.0636. The maximum absolute atomic E-state index is 12.6. The van der Waals surface area contributed by atoms with Crippen LogP contribution in [0.4, 0.5) is 0 Å². The Labute approximate surface area is 142 Å². The second-order valence-corrected chi connectivity index (χ2v) is 6.40. The first-order valence-electron chi connectivity index (χ1n) is 8.41. The van der Waals surface area contributed by atoms with Crippen molar-refractivity contribution in [2.45, 2.75) is 27.2 Å². The van der Waals surface area contributed by atoms with E-state index in [1.54, 1.807) is 6.92 Å². The first kappa shape index (κ1) is 16.6. The Bertz CT molecular complexity index is 718. The minimum absolute atomic E-state index is 0.130. The Morgan fingerprint density at radius 1 is 1.08 bits per heavy atom. The lowest BCUT2D eigenvalue weighted by atomic mass is 10.1. The number of benzene rings is 1. The summed E-state index contributed by atoms with van der Waals surface area (Å²) in [6, 6.07) is 5.93. The summed E-state index contributed by atoms with van der Waals surface area (Å²) in [5.74, 6) is 1.42. The number of rotatable bonds is 4. The normalized spacial score (nSPS) is 15.7. The van der Waals surface area contributed by atoms with Crippen molar-refractivity contribution < 1.29 is 9.21 Å². The summed E-state index contributed by atoms with van der Waals surface area (Å²) in [6.45, 7) is 10.1. The van der Waals surface area contributed by atoms with E-state index in [2.05, 4.69) is 22.0 Å². The molecule has 3 rings (SSSR count). The van der Waals surface area contributed by atoms with E-state index in [1.807, 2.05) is 30.0 Å². The predicted molar refractivity (Wildman–Crippen MR) is 91.0 cm³/mol. The molecule has 1 aromatic heterocycles. The molecule has 1 fully saturated rings. The zero-order valence-electron chi connectivity index (χ0n) is 14.6. The fourth-order valence-electron chi connectivity index (χ4n) is 2.92. The van der Waals surface area contributed by atoms with Crippen LogP contribution in [0.25, 0.3) is 0 Å². The highest BCUT2D eigenvalue weighted by atomic mass is 16.4. The lowest BCUT2D eigenvalue weighted by Gasteiger charge is -2.34. The van der Waals surface area contributed by atoms with Crippen LogP contribution in [0.3, 0.4) is 0 Å². The van der Waals surface area contributed by atoms with E-state index in [4.69, 9.17) is 4.42 Å². The molecule has 1 amide bonds. The number of carbonyl (C=O) groups is 1. The van der Waals surface area contributed by atoms with Gasteiger partial charge in [-0.05, 0) is 37.1 Å². The van der Waals surface area contributed by atoms with Crippen molar-refractivity contribution in [3.63, 3.8) is 0 Å². The lowest BCUT2D eigenvalue weighted by Crippen LogP contribution is -2.49. The van der Waals surface area contributed by atoms with Crippen LogP contribution < -0.4 is 0 Å². The molecule has 0 saturated carbocycles. The summed E-state index contributed by atoms with van der Waals surface area (Å²) in [6.07, 6.45) is 0.756. The third-order valence-corrected chi connectivity index (χ3v) is 4.62. The number of carbonyl (C=O) groups excluding carboxylic acids is 1. The van der Waals surface area contributed by atoms with Gasteiger partial charge in [-0.1, -0.05) is 6.07 Å². The van der Waals surface area contributed by atoms with Gasteiger partial charge >= 0.3 is 0 Å². The first-order chi connectivity index (χ1) is 11.5. The summed E-state index contributed by atoms with van der Waals surface area (Å²) in [5.41, 5.74) is 3.16. The van der Waals surface area contributed by atoms with Crippen molar-refractivity contribution in [2.75, 3.05) is 32.7 Å². The van der Waals surface area contributed by atoms with Crippen LogP contribution in [0, 0.1) is 20.8 Å². The number of piperazine rings is 1. The second-order valence-electron chi connectivity index (χ2n) is 6.40. The average Bonchev–Trinajstić information content (AvgIpc) is 3.01. The zero-order chi connectivity index (χ0) is 17.1. The van der Waals surface area contributed by atoms with Crippen LogP contribution in [0.1, 0.15) is 33.3 Å². The predicted octanol–water partition coefficient (Wildman–Crippen LogP) is 2.00. The molecule has 1 aromatic carbocycles. The van der Waals surface area contributed by atoms with Crippen LogP contribution in [-0.2, 0) is 6.42 Å². The quantitative estimate of drug-likeness (QED) is 0.859. The molecule has 6 heteroatoms. The summed E-state index contributed by atoms with van der Waals surface area (Å²) in [7, 11) is 0. The van der Waals surface area contributed by atoms with E-state index >= 15 is 0 Å². The molecule has 0 N–H and O–H groups in total. The largest absolute Gasteiger partial charge is 0.426 e. The van der Waals surface area contributed by atoms with Gasteiger partial charge in [0.05, 0.1) is 0 Å². The smallest absolute Gasteiger partial charge is 0.253 e. The van der Waals surface area contributed by atoms with E-state index < -0.39 is 0 Å². The number of aromatic nitrogens is 2. The van der Waals surface area contributed by atoms with Crippen molar-refractivity contribution >= 4 is 5.91 Å². The van der Waals surface area contributed by atoms with Crippen LogP contribution >= 0.6 is 0 Å². The summed E-state index contributed by atoms with van der Waals surface area (Å²) >= 11 is 0. The van der Waals surface area contributed by atoms with Gasteiger partial charge < -0.3 is 9.32 Å². The molecule has 1 aliphatic rings. The van der Waals surface area contributed by atoms with Gasteiger partial charge in [-0.2, -0.15) is 0 Å². The Hall–Kier alpha value is -2.21. The van der Waals surface area contributed by atoms with Gasteiger partial charge in [-0.3, -0.25) is 9.69 Å². The second kappa shape index (κ2) is 7.13. The van der Waals surface area contributed by atoms with Crippen LogP contribution in [0.15, 0.2) is 22.6 Å². The minimum Gasteiger partial charge on any atom is -0.426 e. The summed E-state index contributed by atoms with van der Waals surface area (Å²) in [5, 5.41) is 7.86. The van der Waals surface area contributed by atoms with E-state index in [0.29, 0.717) is 11.8 Å². The highest BCUT2D eigenvalue weighted by Gasteiger charge is 2.22. The van der Waals surface area contributed by atoms with E-state index in [1.165, 1.54) is 5.56 Å². The topological polar surface area (TPSA) is 62.5 Å². The molecular weight excluding hydrogens is 304 g/mol. The van der Waals surface area contributed by atoms with Gasteiger partial charge in [0.1, 0.15) is 0 Å². The van der Waals surface area contributed by atoms with Crippen LogP contribution in [-0.4, -0.2) is 58.6 Å². The van der Waals surface area contributed by atoms with E-state index in [0.717, 1.165) is 50.3 Å². The highest BCUT2D eigenvalue weighted by Crippen LogP contribution is 2.14. The third kappa shape index (κ3) is 3.82. The van der Waals surface area contributed by atoms with Gasteiger partial charge in [0.2, 0.25) is 11.8 Å². The molecule has 6 nitrogen and oxygen atoms in total. The van der Waals surface area contributed by atoms with Gasteiger partial charge in [0, 0.05) is 51.6 Å². The zero-order valence-corrected chi connectivity index (χ0v) is 14.6. The monoisotopic (exact) mass is 328 g/mol. The van der Waals surface area contributed by atoms with Gasteiger partial charge in [0.15, 0.2) is 0 Å². The van der Waals surface area contributed by atoms with Crippen molar-refractivity contribution in [1.29, 1.82) is 0 Å². The molecular formula is C18H24N4O2. The Kier molecular flexibility index (Phi) is 4.94. The Balaban J connectivity index is 1.50. The molecule has 2 heterocycles. The maximum atomic E-state index is 12.6. The molecule has 128 valence electrons. The van der Waals surface area contributed by atoms with Crippen molar-refractivity contribution in [2.24, 2.45) is 0 Å². The summed E-state index contributed by atoms with van der Waals surface area (Å²) in [4.78, 5) is 16.9. The van der Waals surface area contributed by atoms with Gasteiger partial charge in [-0.25, -0.2) is 0 Å². The molecule has 0 aliphatic carbocycles. The Morgan fingerprint density at radius 2 is 1.83 bits per heavy atom. The molecule has 2 aromatic rings. The standard InChI is InChI=1S/C18H24N4O2/c1-13-4-5-16(12-14(13)2)18(23)22-10-8-21(9-11-22)7-6-17-20-19-15(3)24-17/h4-5,12H,6-11H2,1-3H3. The fourth-order valence-corrected chi connectivity index (χ4v) is 2.92. The molecule has 0 bridgehead atoms. The van der Waals surface area contributed by atoms with E-state index in [9.17, 15) is 4.79 Å². The maximum Gasteiger partial charge on any atom is 0.253 e.